The van der Waals surface area contributed by atoms with Crippen molar-refractivity contribution in [1.29, 1.82) is 0 Å². The minimum Gasteiger partial charge on any atom is -0.381 e. The second kappa shape index (κ2) is 7.34. The van der Waals surface area contributed by atoms with Gasteiger partial charge >= 0.3 is 0 Å². The van der Waals surface area contributed by atoms with Crippen LogP contribution in [-0.4, -0.2) is 42.3 Å². The zero-order valence-electron chi connectivity index (χ0n) is 16.8. The summed E-state index contributed by atoms with van der Waals surface area (Å²) in [5.41, 5.74) is 1.37. The molecule has 0 bridgehead atoms. The Labute approximate surface area is 180 Å². The van der Waals surface area contributed by atoms with Gasteiger partial charge in [-0.1, -0.05) is 17.3 Å². The monoisotopic (exact) mass is 432 g/mol. The standard InChI is InChI=1S/C22H17FN6O3/c23-15-5-3-6-16-18(15)28(10-14-4-1-2-8-24-14)22(30)19-17(25-12-29(16)19)21-26-20(27-32-21)13-7-9-31-11-13/h1-6,8,12-13H,7,9-11H2. The second-order valence-corrected chi connectivity index (χ2v) is 7.65. The number of rotatable bonds is 4. The molecule has 1 saturated heterocycles. The van der Waals surface area contributed by atoms with Crippen LogP contribution in [0.2, 0.25) is 0 Å². The van der Waals surface area contributed by atoms with Crippen LogP contribution in [-0.2, 0) is 11.3 Å². The lowest BCUT2D eigenvalue weighted by Crippen LogP contribution is -2.24. The van der Waals surface area contributed by atoms with E-state index in [2.05, 4.69) is 20.1 Å². The van der Waals surface area contributed by atoms with Gasteiger partial charge in [-0.25, -0.2) is 9.37 Å². The molecule has 5 heterocycles. The molecule has 0 aliphatic carbocycles. The van der Waals surface area contributed by atoms with E-state index in [1.807, 2.05) is 6.07 Å². The fourth-order valence-corrected chi connectivity index (χ4v) is 4.13. The Hall–Kier alpha value is -3.92. The number of benzene rings is 1. The molecular formula is C22H17FN6O3. The minimum atomic E-state index is -0.506. The molecule has 0 radical (unpaired) electrons. The Kier molecular flexibility index (Phi) is 4.32. The van der Waals surface area contributed by atoms with E-state index < -0.39 is 11.4 Å². The van der Waals surface area contributed by atoms with Crippen molar-refractivity contribution in [3.63, 3.8) is 0 Å². The lowest BCUT2D eigenvalue weighted by molar-refractivity contribution is 0.192. The maximum absolute atomic E-state index is 14.9. The zero-order valence-corrected chi connectivity index (χ0v) is 16.8. The van der Waals surface area contributed by atoms with Gasteiger partial charge in [-0.15, -0.1) is 0 Å². The lowest BCUT2D eigenvalue weighted by Gasteiger charge is -2.13. The van der Waals surface area contributed by atoms with Gasteiger partial charge in [-0.3, -0.25) is 18.7 Å². The van der Waals surface area contributed by atoms with Crippen molar-refractivity contribution in [2.45, 2.75) is 18.9 Å². The average Bonchev–Trinajstić information content (AvgIpc) is 3.57. The van der Waals surface area contributed by atoms with Gasteiger partial charge < -0.3 is 9.26 Å². The predicted octanol–water partition coefficient (Wildman–Crippen LogP) is 2.79. The van der Waals surface area contributed by atoms with Gasteiger partial charge in [0.25, 0.3) is 11.4 Å². The Balaban J connectivity index is 1.58. The van der Waals surface area contributed by atoms with Crippen molar-refractivity contribution in [1.82, 2.24) is 29.1 Å². The number of aromatic nitrogens is 6. The molecule has 10 heteroatoms. The Morgan fingerprint density at radius 3 is 2.88 bits per heavy atom. The van der Waals surface area contributed by atoms with Gasteiger partial charge in [-0.2, -0.15) is 4.98 Å². The van der Waals surface area contributed by atoms with Crippen LogP contribution in [0, 0.1) is 5.82 Å². The highest BCUT2D eigenvalue weighted by molar-refractivity contribution is 5.83. The van der Waals surface area contributed by atoms with E-state index in [9.17, 15) is 9.18 Å². The smallest absolute Gasteiger partial charge is 0.278 e. The van der Waals surface area contributed by atoms with E-state index in [1.54, 1.807) is 34.9 Å². The van der Waals surface area contributed by atoms with Crippen LogP contribution < -0.4 is 5.56 Å². The minimum absolute atomic E-state index is 0.0529. The third-order valence-electron chi connectivity index (χ3n) is 5.70. The summed E-state index contributed by atoms with van der Waals surface area (Å²) in [6, 6.07) is 10.0. The van der Waals surface area contributed by atoms with E-state index >= 15 is 0 Å². The molecule has 5 aromatic rings. The molecule has 1 atom stereocenters. The van der Waals surface area contributed by atoms with E-state index in [4.69, 9.17) is 9.26 Å². The Bertz CT molecular complexity index is 1500. The summed E-state index contributed by atoms with van der Waals surface area (Å²) in [6.45, 7) is 1.29. The molecule has 1 aromatic carbocycles. The number of halogens is 1. The van der Waals surface area contributed by atoms with Crippen LogP contribution in [0.1, 0.15) is 23.9 Å². The van der Waals surface area contributed by atoms with Crippen LogP contribution in [0.5, 0.6) is 0 Å². The van der Waals surface area contributed by atoms with Crippen molar-refractivity contribution in [3.05, 3.63) is 76.6 Å². The maximum Gasteiger partial charge on any atom is 0.278 e. The highest BCUT2D eigenvalue weighted by Gasteiger charge is 2.26. The van der Waals surface area contributed by atoms with Crippen molar-refractivity contribution < 1.29 is 13.7 Å². The van der Waals surface area contributed by atoms with Gasteiger partial charge in [0.2, 0.25) is 0 Å². The summed E-state index contributed by atoms with van der Waals surface area (Å²) in [5.74, 6) is 0.219. The van der Waals surface area contributed by atoms with Crippen LogP contribution in [0.4, 0.5) is 4.39 Å². The van der Waals surface area contributed by atoms with Crippen LogP contribution in [0.3, 0.4) is 0 Å². The highest BCUT2D eigenvalue weighted by Crippen LogP contribution is 2.28. The molecule has 0 N–H and O–H groups in total. The summed E-state index contributed by atoms with van der Waals surface area (Å²) in [4.78, 5) is 26.8. The van der Waals surface area contributed by atoms with Gasteiger partial charge in [-0.05, 0) is 30.7 Å². The van der Waals surface area contributed by atoms with Gasteiger partial charge in [0.1, 0.15) is 23.2 Å². The molecule has 9 nitrogen and oxygen atoms in total. The Morgan fingerprint density at radius 2 is 2.06 bits per heavy atom. The van der Waals surface area contributed by atoms with Crippen LogP contribution in [0.25, 0.3) is 28.1 Å². The van der Waals surface area contributed by atoms with Crippen LogP contribution in [0.15, 0.2) is 58.2 Å². The van der Waals surface area contributed by atoms with Gasteiger partial charge in [0.15, 0.2) is 11.5 Å². The quantitative estimate of drug-likeness (QED) is 0.430. The first-order valence-electron chi connectivity index (χ1n) is 10.2. The van der Waals surface area contributed by atoms with E-state index in [-0.39, 0.29) is 35.1 Å². The SMILES string of the molecule is O=c1c2c(-c3nc(C4CCOC4)no3)ncn2c2cccc(F)c2n1Cc1ccccn1. The fourth-order valence-electron chi connectivity index (χ4n) is 4.13. The summed E-state index contributed by atoms with van der Waals surface area (Å²) in [6.07, 6.45) is 3.92. The maximum atomic E-state index is 14.9. The third kappa shape index (κ3) is 2.91. The number of nitrogens with zero attached hydrogens (tertiary/aromatic N) is 6. The summed E-state index contributed by atoms with van der Waals surface area (Å²) in [5, 5.41) is 4.06. The molecule has 1 unspecified atom stereocenters. The first-order valence-corrected chi connectivity index (χ1v) is 10.2. The largest absolute Gasteiger partial charge is 0.381 e. The normalized spacial score (nSPS) is 16.3. The summed E-state index contributed by atoms with van der Waals surface area (Å²) < 4.78 is 28.7. The molecule has 1 aliphatic heterocycles. The molecule has 0 saturated carbocycles. The second-order valence-electron chi connectivity index (χ2n) is 7.65. The molecule has 32 heavy (non-hydrogen) atoms. The number of para-hydroxylation sites is 1. The highest BCUT2D eigenvalue weighted by atomic mass is 19.1. The molecule has 160 valence electrons. The number of pyridine rings is 1. The van der Waals surface area contributed by atoms with E-state index in [0.717, 1.165) is 6.42 Å². The first-order chi connectivity index (χ1) is 15.7. The summed E-state index contributed by atoms with van der Waals surface area (Å²) in [7, 11) is 0. The molecule has 0 spiro atoms. The van der Waals surface area contributed by atoms with Crippen molar-refractivity contribution in [2.75, 3.05) is 13.2 Å². The van der Waals surface area contributed by atoms with Crippen molar-refractivity contribution in [2.24, 2.45) is 0 Å². The summed E-state index contributed by atoms with van der Waals surface area (Å²) >= 11 is 0. The number of hydrogen-bond acceptors (Lipinski definition) is 7. The van der Waals surface area contributed by atoms with Crippen molar-refractivity contribution >= 4 is 16.6 Å². The molecule has 1 aliphatic rings. The zero-order chi connectivity index (χ0) is 21.7. The molecule has 1 fully saturated rings. The number of ether oxygens (including phenoxy) is 1. The lowest BCUT2D eigenvalue weighted by atomic mass is 10.1. The number of imidazole rings is 1. The Morgan fingerprint density at radius 1 is 1.12 bits per heavy atom. The number of hydrogen-bond donors (Lipinski definition) is 0. The van der Waals surface area contributed by atoms with Crippen LogP contribution >= 0.6 is 0 Å². The fraction of sp³-hybridized carbons (Fsp3) is 0.227. The van der Waals surface area contributed by atoms with Crippen molar-refractivity contribution in [3.8, 4) is 11.6 Å². The average molecular weight is 432 g/mol. The van der Waals surface area contributed by atoms with Gasteiger partial charge in [0.05, 0.1) is 24.4 Å². The molecule has 6 rings (SSSR count). The molecular weight excluding hydrogens is 415 g/mol. The third-order valence-corrected chi connectivity index (χ3v) is 5.70. The van der Waals surface area contributed by atoms with E-state index in [0.29, 0.717) is 30.2 Å². The predicted molar refractivity (Wildman–Crippen MR) is 112 cm³/mol. The topological polar surface area (TPSA) is 100 Å². The number of fused-ring (bicyclic) bond motifs is 3. The molecule has 0 amide bonds. The molecule has 4 aromatic heterocycles. The van der Waals surface area contributed by atoms with E-state index in [1.165, 1.54) is 17.0 Å². The van der Waals surface area contributed by atoms with Gasteiger partial charge in [0, 0.05) is 18.7 Å². The first kappa shape index (κ1) is 18.8.